The van der Waals surface area contributed by atoms with Gasteiger partial charge in [-0.2, -0.15) is 0 Å². The van der Waals surface area contributed by atoms with Crippen LogP contribution in [0.3, 0.4) is 0 Å². The highest BCUT2D eigenvalue weighted by atomic mass is 32.2. The Morgan fingerprint density at radius 1 is 1.62 bits per heavy atom. The number of hydrogen-bond donors (Lipinski definition) is 1. The van der Waals surface area contributed by atoms with E-state index in [1.807, 2.05) is 0 Å². The van der Waals surface area contributed by atoms with Crippen LogP contribution in [0.15, 0.2) is 23.4 Å². The number of nitrogens with zero attached hydrogens (tertiary/aromatic N) is 2. The molecule has 1 aliphatic rings. The molecule has 0 bridgehead atoms. The molecule has 0 amide bonds. The lowest BCUT2D eigenvalue weighted by Crippen LogP contribution is -2.44. The highest BCUT2D eigenvalue weighted by Crippen LogP contribution is 2.20. The van der Waals surface area contributed by atoms with Crippen LogP contribution >= 0.6 is 11.8 Å². The molecule has 1 aliphatic heterocycles. The quantitative estimate of drug-likeness (QED) is 0.813. The van der Waals surface area contributed by atoms with E-state index in [1.54, 1.807) is 24.0 Å². The van der Waals surface area contributed by atoms with Crippen LogP contribution in [0.5, 0.6) is 0 Å². The summed E-state index contributed by atoms with van der Waals surface area (Å²) < 4.78 is 5.78. The molecule has 21 heavy (non-hydrogen) atoms. The third kappa shape index (κ3) is 5.30. The molecule has 0 saturated carbocycles. The van der Waals surface area contributed by atoms with Gasteiger partial charge in [0.2, 0.25) is 0 Å². The van der Waals surface area contributed by atoms with Crippen molar-refractivity contribution in [1.82, 2.24) is 9.88 Å². The molecular weight excluding hydrogens is 288 g/mol. The van der Waals surface area contributed by atoms with E-state index in [1.165, 1.54) is 6.07 Å². The summed E-state index contributed by atoms with van der Waals surface area (Å²) in [5.41, 5.74) is 0.276. The first-order chi connectivity index (χ1) is 10.0. The highest BCUT2D eigenvalue weighted by molar-refractivity contribution is 7.99. The van der Waals surface area contributed by atoms with Crippen molar-refractivity contribution >= 4 is 17.7 Å². The zero-order valence-corrected chi connectivity index (χ0v) is 13.3. The van der Waals surface area contributed by atoms with E-state index in [0.717, 1.165) is 37.0 Å². The molecule has 0 radical (unpaired) electrons. The second-order valence-electron chi connectivity index (χ2n) is 5.65. The van der Waals surface area contributed by atoms with Gasteiger partial charge < -0.3 is 9.84 Å². The van der Waals surface area contributed by atoms with Gasteiger partial charge in [0.25, 0.3) is 0 Å². The van der Waals surface area contributed by atoms with Crippen LogP contribution in [-0.2, 0) is 4.74 Å². The van der Waals surface area contributed by atoms with E-state index < -0.39 is 5.97 Å². The fourth-order valence-electron chi connectivity index (χ4n) is 2.36. The molecule has 1 atom stereocenters. The lowest BCUT2D eigenvalue weighted by atomic mass is 10.2. The molecule has 116 valence electrons. The number of hydrogen-bond acceptors (Lipinski definition) is 5. The summed E-state index contributed by atoms with van der Waals surface area (Å²) in [5.74, 6) is 0.534. The summed E-state index contributed by atoms with van der Waals surface area (Å²) in [4.78, 5) is 17.6. The van der Waals surface area contributed by atoms with Gasteiger partial charge in [0.1, 0.15) is 0 Å². The Labute approximate surface area is 129 Å². The molecular formula is C15H22N2O3S. The lowest BCUT2D eigenvalue weighted by molar-refractivity contribution is -0.0191. The summed E-state index contributed by atoms with van der Waals surface area (Å²) >= 11 is 1.55. The van der Waals surface area contributed by atoms with Crippen LogP contribution in [0.2, 0.25) is 0 Å². The Balaban J connectivity index is 1.85. The second-order valence-corrected chi connectivity index (χ2v) is 6.69. The minimum absolute atomic E-state index is 0.179. The Morgan fingerprint density at radius 2 is 2.43 bits per heavy atom. The van der Waals surface area contributed by atoms with Crippen molar-refractivity contribution < 1.29 is 14.6 Å². The molecule has 0 spiro atoms. The third-order valence-corrected chi connectivity index (χ3v) is 4.30. The Bertz CT molecular complexity index is 482. The smallest absolute Gasteiger partial charge is 0.335 e. The van der Waals surface area contributed by atoms with Gasteiger partial charge in [-0.25, -0.2) is 9.78 Å². The number of carboxylic acids is 1. The number of aromatic nitrogens is 1. The van der Waals surface area contributed by atoms with Crippen molar-refractivity contribution in [1.29, 1.82) is 0 Å². The van der Waals surface area contributed by atoms with Crippen LogP contribution in [0.25, 0.3) is 0 Å². The molecule has 1 fully saturated rings. The fourth-order valence-corrected chi connectivity index (χ4v) is 3.27. The normalized spacial score (nSPS) is 19.9. The Morgan fingerprint density at radius 3 is 3.14 bits per heavy atom. The highest BCUT2D eigenvalue weighted by Gasteiger charge is 2.21. The van der Waals surface area contributed by atoms with E-state index in [0.29, 0.717) is 5.92 Å². The lowest BCUT2D eigenvalue weighted by Gasteiger charge is -2.33. The van der Waals surface area contributed by atoms with Crippen molar-refractivity contribution in [2.24, 2.45) is 5.92 Å². The van der Waals surface area contributed by atoms with Gasteiger partial charge >= 0.3 is 5.97 Å². The van der Waals surface area contributed by atoms with Crippen LogP contribution in [0.1, 0.15) is 24.2 Å². The maximum atomic E-state index is 10.9. The predicted molar refractivity (Wildman–Crippen MR) is 82.9 cm³/mol. The molecule has 1 aromatic heterocycles. The van der Waals surface area contributed by atoms with E-state index >= 15 is 0 Å². The van der Waals surface area contributed by atoms with Gasteiger partial charge in [0.05, 0.1) is 23.3 Å². The van der Waals surface area contributed by atoms with Crippen molar-refractivity contribution in [3.8, 4) is 0 Å². The average molecular weight is 310 g/mol. The van der Waals surface area contributed by atoms with Crippen molar-refractivity contribution in [2.75, 3.05) is 32.0 Å². The average Bonchev–Trinajstić information content (AvgIpc) is 2.45. The number of morpholine rings is 1. The number of rotatable bonds is 6. The summed E-state index contributed by atoms with van der Waals surface area (Å²) in [6.45, 7) is 8.23. The SMILES string of the molecule is CC(C)CN1CCOC(CSc2cc(C(=O)O)ccn2)C1. The van der Waals surface area contributed by atoms with Crippen LogP contribution in [0.4, 0.5) is 0 Å². The summed E-state index contributed by atoms with van der Waals surface area (Å²) in [6.07, 6.45) is 1.72. The minimum Gasteiger partial charge on any atom is -0.478 e. The van der Waals surface area contributed by atoms with Gasteiger partial charge in [0, 0.05) is 31.6 Å². The summed E-state index contributed by atoms with van der Waals surface area (Å²) in [5, 5.41) is 9.71. The van der Waals surface area contributed by atoms with Crippen molar-refractivity contribution in [2.45, 2.75) is 25.0 Å². The molecule has 5 nitrogen and oxygen atoms in total. The van der Waals surface area contributed by atoms with Crippen LogP contribution in [-0.4, -0.2) is 59.1 Å². The minimum atomic E-state index is -0.920. The molecule has 0 aliphatic carbocycles. The third-order valence-electron chi connectivity index (χ3n) is 3.25. The molecule has 6 heteroatoms. The molecule has 2 rings (SSSR count). The summed E-state index contributed by atoms with van der Waals surface area (Å²) in [6, 6.07) is 3.12. The van der Waals surface area contributed by atoms with Crippen LogP contribution < -0.4 is 0 Å². The van der Waals surface area contributed by atoms with Crippen molar-refractivity contribution in [3.05, 3.63) is 23.9 Å². The molecule has 1 saturated heterocycles. The first-order valence-electron chi connectivity index (χ1n) is 7.20. The maximum Gasteiger partial charge on any atom is 0.335 e. The number of thioether (sulfide) groups is 1. The molecule has 0 aromatic carbocycles. The predicted octanol–water partition coefficient (Wildman–Crippen LogP) is 2.23. The zero-order valence-electron chi connectivity index (χ0n) is 12.5. The second kappa shape index (κ2) is 7.77. The van der Waals surface area contributed by atoms with E-state index in [-0.39, 0.29) is 11.7 Å². The van der Waals surface area contributed by atoms with Crippen molar-refractivity contribution in [3.63, 3.8) is 0 Å². The monoisotopic (exact) mass is 310 g/mol. The van der Waals surface area contributed by atoms with Gasteiger partial charge in [-0.05, 0) is 18.1 Å². The van der Waals surface area contributed by atoms with Gasteiger partial charge in [0.15, 0.2) is 0 Å². The molecule has 1 unspecified atom stereocenters. The van der Waals surface area contributed by atoms with Gasteiger partial charge in [-0.15, -0.1) is 11.8 Å². The maximum absolute atomic E-state index is 10.9. The Kier molecular flexibility index (Phi) is 6.02. The van der Waals surface area contributed by atoms with Gasteiger partial charge in [-0.1, -0.05) is 13.8 Å². The number of aromatic carboxylic acids is 1. The van der Waals surface area contributed by atoms with Crippen LogP contribution in [0, 0.1) is 5.92 Å². The van der Waals surface area contributed by atoms with E-state index in [2.05, 4.69) is 23.7 Å². The first kappa shape index (κ1) is 16.3. The number of ether oxygens (including phenoxy) is 1. The number of carbonyl (C=O) groups is 1. The Hall–Kier alpha value is -1.11. The standard InChI is InChI=1S/C15H22N2O3S/c1-11(2)8-17-5-6-20-13(9-17)10-21-14-7-12(15(18)19)3-4-16-14/h3-4,7,11,13H,5-6,8-10H2,1-2H3,(H,18,19). The molecule has 1 N–H and O–H groups in total. The number of carboxylic acid groups (broad SMARTS) is 1. The topological polar surface area (TPSA) is 62.7 Å². The zero-order chi connectivity index (χ0) is 15.2. The van der Waals surface area contributed by atoms with E-state index in [4.69, 9.17) is 9.84 Å². The molecule has 1 aromatic rings. The summed E-state index contributed by atoms with van der Waals surface area (Å²) in [7, 11) is 0. The fraction of sp³-hybridized carbons (Fsp3) is 0.600. The van der Waals surface area contributed by atoms with E-state index in [9.17, 15) is 4.79 Å². The largest absolute Gasteiger partial charge is 0.478 e. The molecule has 2 heterocycles. The number of pyridine rings is 1. The van der Waals surface area contributed by atoms with Gasteiger partial charge in [-0.3, -0.25) is 4.90 Å². The first-order valence-corrected chi connectivity index (χ1v) is 8.19.